The van der Waals surface area contributed by atoms with Gasteiger partial charge in [0.1, 0.15) is 0 Å². The lowest BCUT2D eigenvalue weighted by Crippen LogP contribution is -2.37. The first-order valence-electron chi connectivity index (χ1n) is 8.54. The highest BCUT2D eigenvalue weighted by Gasteiger charge is 2.38. The normalized spacial score (nSPS) is 20.0. The quantitative estimate of drug-likeness (QED) is 0.705. The van der Waals surface area contributed by atoms with Crippen LogP contribution in [0.15, 0.2) is 36.9 Å². The average molecular weight is 344 g/mol. The van der Waals surface area contributed by atoms with Crippen molar-refractivity contribution in [1.29, 1.82) is 0 Å². The summed E-state index contributed by atoms with van der Waals surface area (Å²) in [7, 11) is 1.67. The molecule has 0 saturated carbocycles. The van der Waals surface area contributed by atoms with Crippen molar-refractivity contribution in [3.63, 3.8) is 0 Å². The Labute approximate surface area is 147 Å². The first kappa shape index (κ1) is 17.3. The topological polar surface area (TPSA) is 85.2 Å². The van der Waals surface area contributed by atoms with Gasteiger partial charge in [-0.3, -0.25) is 9.48 Å². The first-order valence-corrected chi connectivity index (χ1v) is 8.54. The van der Waals surface area contributed by atoms with Crippen molar-refractivity contribution in [3.05, 3.63) is 36.9 Å². The highest BCUT2D eigenvalue weighted by molar-refractivity contribution is 5.80. The van der Waals surface area contributed by atoms with E-state index in [9.17, 15) is 4.79 Å². The molecule has 3 rings (SSSR count). The molecule has 25 heavy (non-hydrogen) atoms. The molecule has 2 aromatic heterocycles. The zero-order chi connectivity index (χ0) is 17.5. The fourth-order valence-corrected chi connectivity index (χ4v) is 3.19. The molecule has 8 heteroatoms. The van der Waals surface area contributed by atoms with Gasteiger partial charge in [0.05, 0.1) is 12.5 Å². The van der Waals surface area contributed by atoms with Gasteiger partial charge in [0.25, 0.3) is 0 Å². The van der Waals surface area contributed by atoms with Crippen LogP contribution in [-0.2, 0) is 16.1 Å². The van der Waals surface area contributed by atoms with Gasteiger partial charge in [0.2, 0.25) is 11.9 Å². The Bertz CT molecular complexity index is 648. The minimum atomic E-state index is -0.117. The summed E-state index contributed by atoms with van der Waals surface area (Å²) in [6.07, 6.45) is 7.96. The zero-order valence-electron chi connectivity index (χ0n) is 14.4. The summed E-state index contributed by atoms with van der Waals surface area (Å²) in [5.41, 5.74) is 0. The predicted octanol–water partition coefficient (Wildman–Crippen LogP) is 0.578. The maximum Gasteiger partial charge on any atom is 0.225 e. The van der Waals surface area contributed by atoms with Crippen LogP contribution in [0.2, 0.25) is 0 Å². The van der Waals surface area contributed by atoms with Gasteiger partial charge in [-0.25, -0.2) is 9.97 Å². The van der Waals surface area contributed by atoms with Crippen molar-refractivity contribution in [2.24, 2.45) is 11.8 Å². The molecule has 1 N–H and O–H groups in total. The third-order valence-corrected chi connectivity index (χ3v) is 4.42. The smallest absolute Gasteiger partial charge is 0.225 e. The second-order valence-electron chi connectivity index (χ2n) is 6.19. The fraction of sp³-hybridized carbons (Fsp3) is 0.529. The van der Waals surface area contributed by atoms with Gasteiger partial charge >= 0.3 is 0 Å². The standard InChI is InChI=1S/C17H24N6O2/c1-25-13-14-11-22(17-19-5-2-6-20-17)12-15(14)16(24)18-7-3-9-23-10-4-8-21-23/h2,4-6,8,10,14-15H,3,7,9,11-13H2,1H3,(H,18,24)/t14-,15+/m0/s1. The molecule has 0 bridgehead atoms. The second-order valence-corrected chi connectivity index (χ2v) is 6.19. The minimum Gasteiger partial charge on any atom is -0.384 e. The van der Waals surface area contributed by atoms with E-state index in [0.29, 0.717) is 25.6 Å². The SMILES string of the molecule is COC[C@@H]1CN(c2ncccn2)C[C@H]1C(=O)NCCCn1cccn1. The summed E-state index contributed by atoms with van der Waals surface area (Å²) in [5.74, 6) is 0.756. The Morgan fingerprint density at radius 3 is 2.84 bits per heavy atom. The molecule has 0 aromatic carbocycles. The lowest BCUT2D eigenvalue weighted by Gasteiger charge is -2.16. The van der Waals surface area contributed by atoms with Crippen LogP contribution in [0, 0.1) is 11.8 Å². The number of carbonyl (C=O) groups excluding carboxylic acids is 1. The Hall–Kier alpha value is -2.48. The molecule has 1 saturated heterocycles. The Balaban J connectivity index is 1.52. The molecule has 3 heterocycles. The highest BCUT2D eigenvalue weighted by Crippen LogP contribution is 2.26. The Morgan fingerprint density at radius 2 is 2.12 bits per heavy atom. The summed E-state index contributed by atoms with van der Waals surface area (Å²) in [5, 5.41) is 7.20. The molecule has 8 nitrogen and oxygen atoms in total. The zero-order valence-corrected chi connectivity index (χ0v) is 14.4. The summed E-state index contributed by atoms with van der Waals surface area (Å²) in [4.78, 5) is 23.2. The van der Waals surface area contributed by atoms with Gasteiger partial charge < -0.3 is 15.0 Å². The lowest BCUT2D eigenvalue weighted by atomic mass is 9.96. The van der Waals surface area contributed by atoms with Crippen molar-refractivity contribution < 1.29 is 9.53 Å². The molecular weight excluding hydrogens is 320 g/mol. The third kappa shape index (κ3) is 4.54. The van der Waals surface area contributed by atoms with E-state index >= 15 is 0 Å². The van der Waals surface area contributed by atoms with E-state index in [2.05, 4.69) is 25.3 Å². The first-order chi connectivity index (χ1) is 12.3. The van der Waals surface area contributed by atoms with Crippen LogP contribution in [-0.4, -0.2) is 59.0 Å². The van der Waals surface area contributed by atoms with Gasteiger partial charge in [-0.2, -0.15) is 5.10 Å². The Morgan fingerprint density at radius 1 is 1.28 bits per heavy atom. The molecule has 1 aliphatic rings. The molecule has 0 spiro atoms. The number of hydrogen-bond acceptors (Lipinski definition) is 6. The summed E-state index contributed by atoms with van der Waals surface area (Å²) in [6, 6.07) is 3.68. The number of methoxy groups -OCH3 is 1. The van der Waals surface area contributed by atoms with E-state index in [4.69, 9.17) is 4.74 Å². The molecule has 0 unspecified atom stereocenters. The number of anilines is 1. The fourth-order valence-electron chi connectivity index (χ4n) is 3.19. The molecule has 1 fully saturated rings. The van der Waals surface area contributed by atoms with E-state index < -0.39 is 0 Å². The minimum absolute atomic E-state index is 0.0703. The largest absolute Gasteiger partial charge is 0.384 e. The van der Waals surface area contributed by atoms with Crippen molar-refractivity contribution in [3.8, 4) is 0 Å². The van der Waals surface area contributed by atoms with Gasteiger partial charge in [-0.05, 0) is 18.6 Å². The monoisotopic (exact) mass is 344 g/mol. The van der Waals surface area contributed by atoms with Crippen molar-refractivity contribution in [1.82, 2.24) is 25.1 Å². The lowest BCUT2D eigenvalue weighted by molar-refractivity contribution is -0.126. The Kier molecular flexibility index (Phi) is 5.95. The van der Waals surface area contributed by atoms with Gasteiger partial charge in [-0.15, -0.1) is 0 Å². The predicted molar refractivity (Wildman–Crippen MR) is 93.0 cm³/mol. The summed E-state index contributed by atoms with van der Waals surface area (Å²) >= 11 is 0. The molecule has 0 radical (unpaired) electrons. The van der Waals surface area contributed by atoms with Crippen LogP contribution in [0.1, 0.15) is 6.42 Å². The molecule has 134 valence electrons. The van der Waals surface area contributed by atoms with Gasteiger partial charge in [0, 0.05) is 64.0 Å². The van der Waals surface area contributed by atoms with Crippen molar-refractivity contribution in [2.75, 3.05) is 38.3 Å². The second kappa shape index (κ2) is 8.57. The molecule has 2 aromatic rings. The van der Waals surface area contributed by atoms with Crippen LogP contribution in [0.3, 0.4) is 0 Å². The van der Waals surface area contributed by atoms with Crippen molar-refractivity contribution >= 4 is 11.9 Å². The third-order valence-electron chi connectivity index (χ3n) is 4.42. The molecule has 1 aliphatic heterocycles. The van der Waals surface area contributed by atoms with E-state index in [-0.39, 0.29) is 17.7 Å². The number of rotatable bonds is 8. The number of aromatic nitrogens is 4. The van der Waals surface area contributed by atoms with Crippen LogP contribution in [0.5, 0.6) is 0 Å². The number of nitrogens with one attached hydrogen (secondary N) is 1. The number of hydrogen-bond donors (Lipinski definition) is 1. The number of aryl methyl sites for hydroxylation is 1. The maximum atomic E-state index is 12.6. The molecule has 0 aliphatic carbocycles. The van der Waals surface area contributed by atoms with Gasteiger partial charge in [-0.1, -0.05) is 0 Å². The van der Waals surface area contributed by atoms with E-state index in [0.717, 1.165) is 19.5 Å². The van der Waals surface area contributed by atoms with Crippen LogP contribution >= 0.6 is 0 Å². The van der Waals surface area contributed by atoms with Gasteiger partial charge in [0.15, 0.2) is 0 Å². The molecule has 1 amide bonds. The van der Waals surface area contributed by atoms with Crippen molar-refractivity contribution in [2.45, 2.75) is 13.0 Å². The molecule has 2 atom stereocenters. The van der Waals surface area contributed by atoms with E-state index in [1.165, 1.54) is 0 Å². The number of carbonyl (C=O) groups is 1. The van der Waals surface area contributed by atoms with E-state index in [1.54, 1.807) is 31.8 Å². The van der Waals surface area contributed by atoms with E-state index in [1.807, 2.05) is 16.9 Å². The van der Waals surface area contributed by atoms with Crippen LogP contribution in [0.4, 0.5) is 5.95 Å². The molecular formula is C17H24N6O2. The summed E-state index contributed by atoms with van der Waals surface area (Å²) < 4.78 is 7.17. The number of nitrogens with zero attached hydrogens (tertiary/aromatic N) is 5. The highest BCUT2D eigenvalue weighted by atomic mass is 16.5. The number of amides is 1. The maximum absolute atomic E-state index is 12.6. The van der Waals surface area contributed by atoms with Crippen LogP contribution < -0.4 is 10.2 Å². The summed E-state index contributed by atoms with van der Waals surface area (Å²) in [6.45, 7) is 3.32. The average Bonchev–Trinajstić information content (AvgIpc) is 3.29. The van der Waals surface area contributed by atoms with Crippen LogP contribution in [0.25, 0.3) is 0 Å². The number of ether oxygens (including phenoxy) is 1.